The van der Waals surface area contributed by atoms with Gasteiger partial charge in [-0.3, -0.25) is 9.59 Å². The van der Waals surface area contributed by atoms with E-state index in [-0.39, 0.29) is 28.8 Å². The fourth-order valence-electron chi connectivity index (χ4n) is 7.88. The maximum Gasteiger partial charge on any atom is 0.309 e. The largest absolute Gasteiger partial charge is 0.481 e. The number of carbonyl (C=O) groups excluding carboxylic acids is 1. The Morgan fingerprint density at radius 1 is 1.12 bits per heavy atom. The van der Waals surface area contributed by atoms with E-state index in [4.69, 9.17) is 4.74 Å². The van der Waals surface area contributed by atoms with Gasteiger partial charge in [-0.25, -0.2) is 0 Å². The van der Waals surface area contributed by atoms with Gasteiger partial charge in [0, 0.05) is 12.3 Å². The first-order chi connectivity index (χ1) is 12.1. The van der Waals surface area contributed by atoms with Crippen molar-refractivity contribution in [1.29, 1.82) is 0 Å². The predicted octanol–water partition coefficient (Wildman–Crippen LogP) is 4.58. The molecule has 4 fully saturated rings. The molecule has 7 atom stereocenters. The average molecular weight is 360 g/mol. The topological polar surface area (TPSA) is 63.6 Å². The third-order valence-corrected chi connectivity index (χ3v) is 8.97. The molecule has 2 bridgehead atoms. The standard InChI is InChI=1S/C22H32O4/c1-13-11-22-10-7-16-20(3,19(24)25)9-8-18(26-14(2)23)21(16,4)17(22)6-5-15(13)12-22/h15-18H,1,5-12H2,2-4H3,(H,24,25)/t15-,16-,17+,18+,20-,21-,22-/m1/s1. The zero-order valence-electron chi connectivity index (χ0n) is 16.3. The number of fused-ring (bicyclic) bond motifs is 3. The second kappa shape index (κ2) is 5.59. The molecule has 0 radical (unpaired) electrons. The first-order valence-electron chi connectivity index (χ1n) is 10.2. The first-order valence-corrected chi connectivity index (χ1v) is 10.2. The number of aliphatic carboxylic acids is 1. The van der Waals surface area contributed by atoms with Gasteiger partial charge in [0.05, 0.1) is 5.41 Å². The van der Waals surface area contributed by atoms with Crippen molar-refractivity contribution in [2.24, 2.45) is 34.0 Å². The Morgan fingerprint density at radius 3 is 2.50 bits per heavy atom. The number of hydrogen-bond donors (Lipinski definition) is 1. The van der Waals surface area contributed by atoms with E-state index in [0.717, 1.165) is 32.1 Å². The highest BCUT2D eigenvalue weighted by atomic mass is 16.5. The molecule has 1 N–H and O–H groups in total. The van der Waals surface area contributed by atoms with Gasteiger partial charge in [0.15, 0.2) is 0 Å². The number of carbonyl (C=O) groups is 2. The van der Waals surface area contributed by atoms with E-state index < -0.39 is 11.4 Å². The molecule has 0 saturated heterocycles. The smallest absolute Gasteiger partial charge is 0.309 e. The lowest BCUT2D eigenvalue weighted by Crippen LogP contribution is -2.64. The van der Waals surface area contributed by atoms with Gasteiger partial charge in [-0.05, 0) is 81.5 Å². The lowest BCUT2D eigenvalue weighted by atomic mass is 9.40. The van der Waals surface area contributed by atoms with Crippen molar-refractivity contribution in [2.75, 3.05) is 0 Å². The summed E-state index contributed by atoms with van der Waals surface area (Å²) in [5.74, 6) is 0.209. The Morgan fingerprint density at radius 2 is 1.85 bits per heavy atom. The quantitative estimate of drug-likeness (QED) is 0.578. The molecule has 1 spiro atoms. The molecule has 0 unspecified atom stereocenters. The summed E-state index contributed by atoms with van der Waals surface area (Å²) in [7, 11) is 0. The summed E-state index contributed by atoms with van der Waals surface area (Å²) in [4.78, 5) is 24.1. The highest BCUT2D eigenvalue weighted by Crippen LogP contribution is 2.72. The van der Waals surface area contributed by atoms with Crippen molar-refractivity contribution in [1.82, 2.24) is 0 Å². The Kier molecular flexibility index (Phi) is 3.88. The Hall–Kier alpha value is -1.32. The molecule has 0 heterocycles. The van der Waals surface area contributed by atoms with E-state index in [2.05, 4.69) is 13.5 Å². The molecule has 0 aromatic heterocycles. The Balaban J connectivity index is 1.80. The normalized spacial score (nSPS) is 49.9. The van der Waals surface area contributed by atoms with Crippen molar-refractivity contribution in [3.8, 4) is 0 Å². The van der Waals surface area contributed by atoms with Crippen LogP contribution in [-0.4, -0.2) is 23.1 Å². The van der Waals surface area contributed by atoms with Gasteiger partial charge in [0.1, 0.15) is 6.10 Å². The molecule has 0 amide bonds. The van der Waals surface area contributed by atoms with Gasteiger partial charge in [0.25, 0.3) is 0 Å². The SMILES string of the molecule is C=C1C[C@@]23CC[C@H]4[C@@](C)([C@@H](OC(C)=O)CC[C@@]4(C)C(=O)O)[C@@H]2CC[C@@H]1C3. The van der Waals surface area contributed by atoms with Crippen LogP contribution in [0.4, 0.5) is 0 Å². The molecule has 144 valence electrons. The molecule has 4 nitrogen and oxygen atoms in total. The molecule has 4 saturated carbocycles. The number of carboxylic acid groups (broad SMARTS) is 1. The monoisotopic (exact) mass is 360 g/mol. The highest BCUT2D eigenvalue weighted by Gasteiger charge is 2.68. The van der Waals surface area contributed by atoms with Gasteiger partial charge in [-0.15, -0.1) is 0 Å². The van der Waals surface area contributed by atoms with Crippen LogP contribution in [0.3, 0.4) is 0 Å². The Bertz CT molecular complexity index is 669. The fourth-order valence-corrected chi connectivity index (χ4v) is 7.88. The van der Waals surface area contributed by atoms with Crippen molar-refractivity contribution in [3.63, 3.8) is 0 Å². The molecule has 0 aliphatic heterocycles. The van der Waals surface area contributed by atoms with Crippen molar-refractivity contribution < 1.29 is 19.4 Å². The zero-order chi connectivity index (χ0) is 18.9. The minimum atomic E-state index is -0.723. The predicted molar refractivity (Wildman–Crippen MR) is 98.4 cm³/mol. The summed E-state index contributed by atoms with van der Waals surface area (Å²) in [5, 5.41) is 10.1. The van der Waals surface area contributed by atoms with Crippen LogP contribution >= 0.6 is 0 Å². The van der Waals surface area contributed by atoms with E-state index in [1.54, 1.807) is 0 Å². The molecular weight excluding hydrogens is 328 g/mol. The van der Waals surface area contributed by atoms with Crippen LogP contribution < -0.4 is 0 Å². The summed E-state index contributed by atoms with van der Waals surface area (Å²) >= 11 is 0. The molecule has 4 rings (SSSR count). The fraction of sp³-hybridized carbons (Fsp3) is 0.818. The lowest BCUT2D eigenvalue weighted by molar-refractivity contribution is -0.221. The zero-order valence-corrected chi connectivity index (χ0v) is 16.3. The Labute approximate surface area is 156 Å². The first kappa shape index (κ1) is 18.1. The number of carboxylic acids is 1. The summed E-state index contributed by atoms with van der Waals surface area (Å²) < 4.78 is 5.86. The van der Waals surface area contributed by atoms with E-state index >= 15 is 0 Å². The van der Waals surface area contributed by atoms with Crippen LogP contribution in [0, 0.1) is 34.0 Å². The number of hydrogen-bond acceptors (Lipinski definition) is 3. The van der Waals surface area contributed by atoms with Crippen LogP contribution in [0.15, 0.2) is 12.2 Å². The van der Waals surface area contributed by atoms with Gasteiger partial charge >= 0.3 is 11.9 Å². The number of rotatable bonds is 2. The summed E-state index contributed by atoms with van der Waals surface area (Å²) in [6.07, 6.45) is 7.67. The summed E-state index contributed by atoms with van der Waals surface area (Å²) in [5.41, 5.74) is 0.667. The van der Waals surface area contributed by atoms with E-state index in [9.17, 15) is 14.7 Å². The van der Waals surface area contributed by atoms with Gasteiger partial charge < -0.3 is 9.84 Å². The number of ether oxygens (including phenoxy) is 1. The lowest BCUT2D eigenvalue weighted by Gasteiger charge is -2.65. The molecule has 0 aromatic rings. The molecule has 26 heavy (non-hydrogen) atoms. The molecular formula is C22H32O4. The third-order valence-electron chi connectivity index (χ3n) is 8.97. The second-order valence-electron chi connectivity index (χ2n) is 10.0. The summed E-state index contributed by atoms with van der Waals surface area (Å²) in [6, 6.07) is 0. The van der Waals surface area contributed by atoms with Gasteiger partial charge in [-0.1, -0.05) is 19.1 Å². The molecule has 0 aromatic carbocycles. The van der Waals surface area contributed by atoms with E-state index in [1.165, 1.54) is 18.9 Å². The molecule has 4 aliphatic rings. The van der Waals surface area contributed by atoms with Crippen molar-refractivity contribution in [3.05, 3.63) is 12.2 Å². The number of allylic oxidation sites excluding steroid dienone is 1. The van der Waals surface area contributed by atoms with Crippen LogP contribution in [-0.2, 0) is 14.3 Å². The molecule has 4 aliphatic carbocycles. The van der Waals surface area contributed by atoms with Crippen molar-refractivity contribution in [2.45, 2.75) is 78.2 Å². The van der Waals surface area contributed by atoms with Crippen molar-refractivity contribution >= 4 is 11.9 Å². The maximum absolute atomic E-state index is 12.2. The minimum Gasteiger partial charge on any atom is -0.481 e. The minimum absolute atomic E-state index is 0.0617. The van der Waals surface area contributed by atoms with Crippen LogP contribution in [0.5, 0.6) is 0 Å². The van der Waals surface area contributed by atoms with Crippen LogP contribution in [0.1, 0.15) is 72.1 Å². The van der Waals surface area contributed by atoms with E-state index in [0.29, 0.717) is 24.7 Å². The van der Waals surface area contributed by atoms with Gasteiger partial charge in [-0.2, -0.15) is 0 Å². The third kappa shape index (κ3) is 2.20. The number of esters is 1. The highest BCUT2D eigenvalue weighted by molar-refractivity contribution is 5.75. The summed E-state index contributed by atoms with van der Waals surface area (Å²) in [6.45, 7) is 10.0. The van der Waals surface area contributed by atoms with Crippen LogP contribution in [0.2, 0.25) is 0 Å². The van der Waals surface area contributed by atoms with Gasteiger partial charge in [0.2, 0.25) is 0 Å². The molecule has 4 heteroatoms. The maximum atomic E-state index is 12.2. The average Bonchev–Trinajstić information content (AvgIpc) is 2.79. The van der Waals surface area contributed by atoms with E-state index in [1.807, 2.05) is 6.92 Å². The van der Waals surface area contributed by atoms with Crippen LogP contribution in [0.25, 0.3) is 0 Å². The second-order valence-corrected chi connectivity index (χ2v) is 10.0.